The molecular formula is C12H10F3N5S. The summed E-state index contributed by atoms with van der Waals surface area (Å²) in [5, 5.41) is 6.31. The van der Waals surface area contributed by atoms with E-state index in [1.165, 1.54) is 6.20 Å². The lowest BCUT2D eigenvalue weighted by atomic mass is 10.1. The van der Waals surface area contributed by atoms with Crippen LogP contribution in [-0.2, 0) is 6.18 Å². The number of nitrogens with zero attached hydrogens (tertiary/aromatic N) is 4. The molecular weight excluding hydrogens is 303 g/mol. The highest BCUT2D eigenvalue weighted by atomic mass is 32.1. The Labute approximate surface area is 121 Å². The molecule has 0 saturated heterocycles. The molecule has 5 nitrogen and oxygen atoms in total. The molecule has 3 rings (SSSR count). The fourth-order valence-electron chi connectivity index (χ4n) is 2.08. The number of nitrogens with one attached hydrogen (secondary N) is 1. The number of rotatable bonds is 3. The van der Waals surface area contributed by atoms with Crippen LogP contribution in [0.3, 0.4) is 0 Å². The third kappa shape index (κ3) is 2.49. The largest absolute Gasteiger partial charge is 0.443 e. The molecule has 0 radical (unpaired) electrons. The fraction of sp³-hybridized carbons (Fsp3) is 0.250. The molecule has 0 aliphatic carbocycles. The summed E-state index contributed by atoms with van der Waals surface area (Å²) in [5.41, 5.74) is 1.49. The number of thiazole rings is 1. The minimum Gasteiger partial charge on any atom is -0.308 e. The zero-order valence-electron chi connectivity index (χ0n) is 10.8. The third-order valence-corrected chi connectivity index (χ3v) is 4.11. The van der Waals surface area contributed by atoms with Crippen LogP contribution in [0.25, 0.3) is 5.52 Å². The summed E-state index contributed by atoms with van der Waals surface area (Å²) < 4.78 is 39.6. The summed E-state index contributed by atoms with van der Waals surface area (Å²) >= 11 is 0.623. The van der Waals surface area contributed by atoms with Gasteiger partial charge in [0.05, 0.1) is 24.0 Å². The Morgan fingerprint density at radius 1 is 1.29 bits per heavy atom. The molecule has 0 fully saturated rings. The zero-order chi connectivity index (χ0) is 15.0. The summed E-state index contributed by atoms with van der Waals surface area (Å²) in [5.74, 6) is 0. The van der Waals surface area contributed by atoms with Gasteiger partial charge in [-0.05, 0) is 7.05 Å². The standard InChI is InChI=1S/C12H10F3N5S/c1-16-10(9-6-18-11(21-9)12(13,14)15)7-4-19-20-3-2-17-5-8(7)20/h2-6,10,16H,1H3. The van der Waals surface area contributed by atoms with Crippen molar-refractivity contribution in [3.05, 3.63) is 46.4 Å². The van der Waals surface area contributed by atoms with Crippen molar-refractivity contribution in [1.82, 2.24) is 24.9 Å². The first-order valence-corrected chi connectivity index (χ1v) is 6.80. The van der Waals surface area contributed by atoms with Gasteiger partial charge in [0.2, 0.25) is 0 Å². The predicted molar refractivity (Wildman–Crippen MR) is 71.0 cm³/mol. The van der Waals surface area contributed by atoms with Gasteiger partial charge >= 0.3 is 6.18 Å². The summed E-state index contributed by atoms with van der Waals surface area (Å²) in [6, 6.07) is -0.416. The van der Waals surface area contributed by atoms with E-state index in [1.807, 2.05) is 0 Å². The lowest BCUT2D eigenvalue weighted by Gasteiger charge is -2.12. The molecule has 9 heteroatoms. The Kier molecular flexibility index (Phi) is 3.38. The van der Waals surface area contributed by atoms with E-state index in [2.05, 4.69) is 20.4 Å². The van der Waals surface area contributed by atoms with E-state index in [4.69, 9.17) is 0 Å². The van der Waals surface area contributed by atoms with Gasteiger partial charge < -0.3 is 5.32 Å². The minimum absolute atomic E-state index is 0.416. The van der Waals surface area contributed by atoms with Crippen LogP contribution in [0, 0.1) is 0 Å². The molecule has 0 spiro atoms. The predicted octanol–water partition coefficient (Wildman–Crippen LogP) is 2.51. The second-order valence-electron chi connectivity index (χ2n) is 4.29. The molecule has 0 bridgehead atoms. The topological polar surface area (TPSA) is 55.1 Å². The summed E-state index contributed by atoms with van der Waals surface area (Å²) in [6.07, 6.45) is 3.33. The first-order valence-electron chi connectivity index (χ1n) is 5.98. The molecule has 0 aromatic carbocycles. The number of halogens is 3. The molecule has 0 aliphatic heterocycles. The zero-order valence-corrected chi connectivity index (χ0v) is 11.6. The molecule has 1 unspecified atom stereocenters. The van der Waals surface area contributed by atoms with Crippen molar-refractivity contribution in [2.24, 2.45) is 0 Å². The molecule has 3 aromatic heterocycles. The van der Waals surface area contributed by atoms with E-state index in [0.29, 0.717) is 16.2 Å². The normalized spacial score (nSPS) is 13.7. The smallest absolute Gasteiger partial charge is 0.308 e. The molecule has 3 aromatic rings. The molecule has 1 atom stereocenters. The van der Waals surface area contributed by atoms with Gasteiger partial charge in [-0.25, -0.2) is 9.50 Å². The van der Waals surface area contributed by atoms with Crippen LogP contribution < -0.4 is 5.32 Å². The molecule has 21 heavy (non-hydrogen) atoms. The van der Waals surface area contributed by atoms with Gasteiger partial charge in [-0.3, -0.25) is 4.98 Å². The van der Waals surface area contributed by atoms with Crippen LogP contribution in [0.5, 0.6) is 0 Å². The van der Waals surface area contributed by atoms with Gasteiger partial charge in [-0.2, -0.15) is 18.3 Å². The SMILES string of the molecule is CNC(c1cnc(C(F)(F)F)s1)c1cnn2ccncc12. The quantitative estimate of drug-likeness (QED) is 0.807. The maximum absolute atomic E-state index is 12.7. The van der Waals surface area contributed by atoms with Gasteiger partial charge in [0.1, 0.15) is 0 Å². The van der Waals surface area contributed by atoms with E-state index in [9.17, 15) is 13.2 Å². The van der Waals surface area contributed by atoms with E-state index in [1.54, 1.807) is 36.4 Å². The Balaban J connectivity index is 2.04. The molecule has 0 aliphatic rings. The highest BCUT2D eigenvalue weighted by molar-refractivity contribution is 7.11. The third-order valence-electron chi connectivity index (χ3n) is 3.00. The van der Waals surface area contributed by atoms with Gasteiger partial charge in [0.25, 0.3) is 0 Å². The number of hydrogen-bond donors (Lipinski definition) is 1. The van der Waals surface area contributed by atoms with E-state index < -0.39 is 17.2 Å². The summed E-state index contributed by atoms with van der Waals surface area (Å²) in [6.45, 7) is 0. The second kappa shape index (κ2) is 5.08. The lowest BCUT2D eigenvalue weighted by Crippen LogP contribution is -2.16. The van der Waals surface area contributed by atoms with Crippen molar-refractivity contribution in [2.45, 2.75) is 12.2 Å². The summed E-state index contributed by atoms with van der Waals surface area (Å²) in [4.78, 5) is 7.95. The number of hydrogen-bond acceptors (Lipinski definition) is 5. The highest BCUT2D eigenvalue weighted by Crippen LogP contribution is 2.36. The average Bonchev–Trinajstić information content (AvgIpc) is 3.07. The summed E-state index contributed by atoms with van der Waals surface area (Å²) in [7, 11) is 1.68. The van der Waals surface area contributed by atoms with Crippen LogP contribution in [0.2, 0.25) is 0 Å². The maximum atomic E-state index is 12.7. The molecule has 1 N–H and O–H groups in total. The minimum atomic E-state index is -4.43. The van der Waals surface area contributed by atoms with Crippen molar-refractivity contribution < 1.29 is 13.2 Å². The van der Waals surface area contributed by atoms with Crippen LogP contribution >= 0.6 is 11.3 Å². The number of fused-ring (bicyclic) bond motifs is 1. The van der Waals surface area contributed by atoms with Gasteiger partial charge in [0.15, 0.2) is 5.01 Å². The molecule has 3 heterocycles. The van der Waals surface area contributed by atoms with E-state index >= 15 is 0 Å². The van der Waals surface area contributed by atoms with Crippen molar-refractivity contribution in [1.29, 1.82) is 0 Å². The fourth-order valence-corrected chi connectivity index (χ4v) is 2.99. The Morgan fingerprint density at radius 2 is 2.10 bits per heavy atom. The van der Waals surface area contributed by atoms with E-state index in [0.717, 1.165) is 11.1 Å². The first kappa shape index (κ1) is 14.0. The van der Waals surface area contributed by atoms with Crippen molar-refractivity contribution in [2.75, 3.05) is 7.05 Å². The van der Waals surface area contributed by atoms with Crippen molar-refractivity contribution in [3.63, 3.8) is 0 Å². The average molecular weight is 313 g/mol. The van der Waals surface area contributed by atoms with Gasteiger partial charge in [0, 0.05) is 29.0 Å². The van der Waals surface area contributed by atoms with Gasteiger partial charge in [-0.15, -0.1) is 11.3 Å². The molecule has 0 amide bonds. The van der Waals surface area contributed by atoms with Crippen molar-refractivity contribution >= 4 is 16.9 Å². The van der Waals surface area contributed by atoms with Crippen LogP contribution in [0.15, 0.2) is 31.0 Å². The number of aromatic nitrogens is 4. The maximum Gasteiger partial charge on any atom is 0.443 e. The van der Waals surface area contributed by atoms with Crippen molar-refractivity contribution in [3.8, 4) is 0 Å². The Bertz CT molecular complexity index is 763. The van der Waals surface area contributed by atoms with Gasteiger partial charge in [-0.1, -0.05) is 0 Å². The number of alkyl halides is 3. The Hall–Kier alpha value is -2.00. The Morgan fingerprint density at radius 3 is 2.76 bits per heavy atom. The molecule has 110 valence electrons. The van der Waals surface area contributed by atoms with E-state index in [-0.39, 0.29) is 0 Å². The monoisotopic (exact) mass is 313 g/mol. The highest BCUT2D eigenvalue weighted by Gasteiger charge is 2.35. The lowest BCUT2D eigenvalue weighted by molar-refractivity contribution is -0.137. The van der Waals surface area contributed by atoms with Crippen LogP contribution in [-0.4, -0.2) is 26.6 Å². The molecule has 0 saturated carbocycles. The first-order chi connectivity index (χ1) is 10.0. The second-order valence-corrected chi connectivity index (χ2v) is 5.36. The van der Waals surface area contributed by atoms with Crippen LogP contribution in [0.1, 0.15) is 21.5 Å². The van der Waals surface area contributed by atoms with Crippen LogP contribution in [0.4, 0.5) is 13.2 Å².